The Labute approximate surface area is 168 Å². The highest BCUT2D eigenvalue weighted by Crippen LogP contribution is 2.28. The number of thiazole rings is 1. The first-order valence-electron chi connectivity index (χ1n) is 8.31. The number of carbonyl (C=O) groups excluding carboxylic acids is 1. The maximum Gasteiger partial charge on any atom is 0.358 e. The Bertz CT molecular complexity index is 1070. The predicted octanol–water partition coefficient (Wildman–Crippen LogP) is 4.85. The standard InChI is InChI=1S/C19H15N3O4S2/c1-11(16-21-22-17(26-16)12-3-5-14(24-2)6-4-12)25-19(23)15-10-28-18(20-15)13-7-8-27-9-13/h3-11H,1-2H3. The average molecular weight is 413 g/mol. The van der Waals surface area contributed by atoms with Gasteiger partial charge in [-0.3, -0.25) is 0 Å². The predicted molar refractivity (Wildman–Crippen MR) is 106 cm³/mol. The van der Waals surface area contributed by atoms with E-state index in [1.54, 1.807) is 42.9 Å². The molecule has 0 saturated carbocycles. The lowest BCUT2D eigenvalue weighted by Crippen LogP contribution is -2.10. The molecule has 142 valence electrons. The molecule has 1 aromatic carbocycles. The largest absolute Gasteiger partial charge is 0.497 e. The Balaban J connectivity index is 1.44. The molecule has 1 atom stereocenters. The molecule has 0 spiro atoms. The molecule has 0 saturated heterocycles. The molecular formula is C19H15N3O4S2. The van der Waals surface area contributed by atoms with Gasteiger partial charge in [0.15, 0.2) is 11.8 Å². The number of thiophene rings is 1. The summed E-state index contributed by atoms with van der Waals surface area (Å²) < 4.78 is 16.2. The van der Waals surface area contributed by atoms with Crippen LogP contribution < -0.4 is 4.74 Å². The molecule has 9 heteroatoms. The zero-order valence-electron chi connectivity index (χ0n) is 15.0. The summed E-state index contributed by atoms with van der Waals surface area (Å²) in [7, 11) is 1.60. The van der Waals surface area contributed by atoms with Crippen LogP contribution in [0.1, 0.15) is 29.4 Å². The van der Waals surface area contributed by atoms with Crippen molar-refractivity contribution in [3.05, 3.63) is 58.1 Å². The van der Waals surface area contributed by atoms with Crippen LogP contribution in [-0.2, 0) is 4.74 Å². The SMILES string of the molecule is COc1ccc(-c2nnc(C(C)OC(=O)c3csc(-c4ccsc4)n3)o2)cc1. The molecule has 0 bridgehead atoms. The summed E-state index contributed by atoms with van der Waals surface area (Å²) in [6.07, 6.45) is -0.696. The monoisotopic (exact) mass is 413 g/mol. The van der Waals surface area contributed by atoms with E-state index in [-0.39, 0.29) is 11.6 Å². The highest BCUT2D eigenvalue weighted by Gasteiger charge is 2.22. The Kier molecular flexibility index (Phi) is 5.18. The van der Waals surface area contributed by atoms with Crippen molar-refractivity contribution < 1.29 is 18.7 Å². The smallest absolute Gasteiger partial charge is 0.358 e. The molecule has 0 N–H and O–H groups in total. The minimum Gasteiger partial charge on any atom is -0.497 e. The van der Waals surface area contributed by atoms with E-state index >= 15 is 0 Å². The summed E-state index contributed by atoms with van der Waals surface area (Å²) in [6.45, 7) is 1.68. The molecule has 0 amide bonds. The van der Waals surface area contributed by atoms with Crippen LogP contribution in [0.5, 0.6) is 5.75 Å². The van der Waals surface area contributed by atoms with E-state index in [0.29, 0.717) is 5.89 Å². The third-order valence-corrected chi connectivity index (χ3v) is 5.47. The van der Waals surface area contributed by atoms with Gasteiger partial charge in [-0.15, -0.1) is 21.5 Å². The highest BCUT2D eigenvalue weighted by molar-refractivity contribution is 7.14. The molecule has 7 nitrogen and oxygen atoms in total. The van der Waals surface area contributed by atoms with Crippen molar-refractivity contribution in [1.82, 2.24) is 15.2 Å². The van der Waals surface area contributed by atoms with Crippen molar-refractivity contribution in [2.75, 3.05) is 7.11 Å². The van der Waals surface area contributed by atoms with Crippen LogP contribution in [0, 0.1) is 0 Å². The molecule has 0 radical (unpaired) electrons. The number of nitrogens with zero attached hydrogens (tertiary/aromatic N) is 3. The van der Waals surface area contributed by atoms with E-state index in [9.17, 15) is 4.79 Å². The van der Waals surface area contributed by atoms with E-state index in [4.69, 9.17) is 13.9 Å². The fourth-order valence-electron chi connectivity index (χ4n) is 2.41. The van der Waals surface area contributed by atoms with Gasteiger partial charge in [-0.25, -0.2) is 9.78 Å². The van der Waals surface area contributed by atoms with Gasteiger partial charge in [0.25, 0.3) is 5.89 Å². The third-order valence-electron chi connectivity index (χ3n) is 3.89. The zero-order valence-corrected chi connectivity index (χ0v) is 16.6. The summed E-state index contributed by atoms with van der Waals surface area (Å²) in [6, 6.07) is 9.19. The Hall–Kier alpha value is -3.04. The van der Waals surface area contributed by atoms with Gasteiger partial charge in [-0.2, -0.15) is 11.3 Å². The van der Waals surface area contributed by atoms with Crippen molar-refractivity contribution in [2.24, 2.45) is 0 Å². The minimum absolute atomic E-state index is 0.215. The quantitative estimate of drug-likeness (QED) is 0.418. The van der Waals surface area contributed by atoms with Gasteiger partial charge >= 0.3 is 5.97 Å². The first-order valence-corrected chi connectivity index (χ1v) is 10.1. The van der Waals surface area contributed by atoms with Gasteiger partial charge in [-0.05, 0) is 42.6 Å². The number of methoxy groups -OCH3 is 1. The van der Waals surface area contributed by atoms with E-state index < -0.39 is 12.1 Å². The second-order valence-corrected chi connectivity index (χ2v) is 7.41. The van der Waals surface area contributed by atoms with Crippen LogP contribution in [-0.4, -0.2) is 28.3 Å². The Morgan fingerprint density at radius 1 is 1.11 bits per heavy atom. The van der Waals surface area contributed by atoms with Gasteiger partial charge in [0.2, 0.25) is 5.89 Å². The molecule has 4 aromatic rings. The normalized spacial score (nSPS) is 11.9. The van der Waals surface area contributed by atoms with Gasteiger partial charge < -0.3 is 13.9 Å². The van der Waals surface area contributed by atoms with Crippen LogP contribution >= 0.6 is 22.7 Å². The number of rotatable bonds is 6. The van der Waals surface area contributed by atoms with Crippen LogP contribution in [0.25, 0.3) is 22.0 Å². The first kappa shape index (κ1) is 18.3. The van der Waals surface area contributed by atoms with E-state index in [0.717, 1.165) is 21.9 Å². The van der Waals surface area contributed by atoms with Crippen LogP contribution in [0.3, 0.4) is 0 Å². The molecule has 3 aromatic heterocycles. The van der Waals surface area contributed by atoms with E-state index in [1.807, 2.05) is 29.0 Å². The lowest BCUT2D eigenvalue weighted by molar-refractivity contribution is 0.0274. The summed E-state index contributed by atoms with van der Waals surface area (Å²) in [5.41, 5.74) is 1.99. The number of esters is 1. The molecule has 0 aliphatic rings. The summed E-state index contributed by atoms with van der Waals surface area (Å²) in [4.78, 5) is 16.7. The number of hydrogen-bond acceptors (Lipinski definition) is 9. The summed E-state index contributed by atoms with van der Waals surface area (Å²) in [5, 5.41) is 14.4. The number of hydrogen-bond donors (Lipinski definition) is 0. The van der Waals surface area contributed by atoms with E-state index in [1.165, 1.54) is 11.3 Å². The fraction of sp³-hybridized carbons (Fsp3) is 0.158. The summed E-state index contributed by atoms with van der Waals surface area (Å²) in [5.74, 6) is 0.756. The first-order chi connectivity index (χ1) is 13.6. The second-order valence-electron chi connectivity index (χ2n) is 5.77. The molecule has 0 aliphatic carbocycles. The van der Waals surface area contributed by atoms with Crippen LogP contribution in [0.15, 0.2) is 50.9 Å². The van der Waals surface area contributed by atoms with E-state index in [2.05, 4.69) is 15.2 Å². The maximum absolute atomic E-state index is 12.4. The van der Waals surface area contributed by atoms with Gasteiger partial charge in [0, 0.05) is 21.9 Å². The molecule has 0 aliphatic heterocycles. The molecular weight excluding hydrogens is 398 g/mol. The lowest BCUT2D eigenvalue weighted by atomic mass is 10.2. The maximum atomic E-state index is 12.4. The fourth-order valence-corrected chi connectivity index (χ4v) is 3.91. The lowest BCUT2D eigenvalue weighted by Gasteiger charge is -2.07. The highest BCUT2D eigenvalue weighted by atomic mass is 32.1. The number of aromatic nitrogens is 3. The number of benzene rings is 1. The Morgan fingerprint density at radius 3 is 2.64 bits per heavy atom. The van der Waals surface area contributed by atoms with Crippen molar-refractivity contribution in [1.29, 1.82) is 0 Å². The van der Waals surface area contributed by atoms with Crippen molar-refractivity contribution in [2.45, 2.75) is 13.0 Å². The number of ether oxygens (including phenoxy) is 2. The minimum atomic E-state index is -0.696. The molecule has 1 unspecified atom stereocenters. The molecule has 28 heavy (non-hydrogen) atoms. The van der Waals surface area contributed by atoms with Gasteiger partial charge in [0.1, 0.15) is 10.8 Å². The second kappa shape index (κ2) is 7.91. The zero-order chi connectivity index (χ0) is 19.5. The Morgan fingerprint density at radius 2 is 1.93 bits per heavy atom. The third kappa shape index (κ3) is 3.80. The topological polar surface area (TPSA) is 87.3 Å². The number of carbonyl (C=O) groups is 1. The van der Waals surface area contributed by atoms with Gasteiger partial charge in [0.05, 0.1) is 7.11 Å². The van der Waals surface area contributed by atoms with Crippen molar-refractivity contribution in [3.8, 4) is 27.8 Å². The molecule has 4 rings (SSSR count). The van der Waals surface area contributed by atoms with Crippen LogP contribution in [0.2, 0.25) is 0 Å². The van der Waals surface area contributed by atoms with Crippen molar-refractivity contribution in [3.63, 3.8) is 0 Å². The van der Waals surface area contributed by atoms with Crippen LogP contribution in [0.4, 0.5) is 0 Å². The molecule has 0 fully saturated rings. The summed E-state index contributed by atoms with van der Waals surface area (Å²) >= 11 is 2.97. The van der Waals surface area contributed by atoms with Gasteiger partial charge in [-0.1, -0.05) is 0 Å². The van der Waals surface area contributed by atoms with Crippen molar-refractivity contribution >= 4 is 28.6 Å². The average Bonchev–Trinajstić information content (AvgIpc) is 3.49. The molecule has 3 heterocycles.